The van der Waals surface area contributed by atoms with Crippen molar-refractivity contribution in [1.82, 2.24) is 9.55 Å². The van der Waals surface area contributed by atoms with Crippen LogP contribution in [0.4, 0.5) is 5.95 Å². The third-order valence-corrected chi connectivity index (χ3v) is 4.76. The molecule has 0 spiro atoms. The minimum absolute atomic E-state index is 0.451. The molecule has 3 unspecified atom stereocenters. The molecule has 2 N–H and O–H groups in total. The van der Waals surface area contributed by atoms with E-state index < -0.39 is 0 Å². The lowest BCUT2D eigenvalue weighted by molar-refractivity contribution is 0.343. The molecule has 20 heavy (non-hydrogen) atoms. The van der Waals surface area contributed by atoms with Gasteiger partial charge < -0.3 is 15.0 Å². The molecule has 1 aromatic carbocycles. The van der Waals surface area contributed by atoms with E-state index in [2.05, 4.69) is 29.5 Å². The van der Waals surface area contributed by atoms with Gasteiger partial charge in [0, 0.05) is 6.04 Å². The normalized spacial score (nSPS) is 26.2. The first-order valence-electron chi connectivity index (χ1n) is 7.52. The van der Waals surface area contributed by atoms with Gasteiger partial charge in [0.25, 0.3) is 0 Å². The zero-order valence-electron chi connectivity index (χ0n) is 12.5. The summed E-state index contributed by atoms with van der Waals surface area (Å²) in [6, 6.07) is 6.53. The first kappa shape index (κ1) is 13.3. The van der Waals surface area contributed by atoms with E-state index in [1.807, 2.05) is 19.1 Å². The lowest BCUT2D eigenvalue weighted by atomic mass is 9.97. The van der Waals surface area contributed by atoms with Crippen molar-refractivity contribution in [2.24, 2.45) is 11.8 Å². The lowest BCUT2D eigenvalue weighted by Crippen LogP contribution is -2.16. The summed E-state index contributed by atoms with van der Waals surface area (Å²) < 4.78 is 7.88. The number of nitrogens with two attached hydrogens (primary N) is 1. The standard InChI is InChI=1S/C16H23N3O/c1-4-20-14-7-5-6-13-15(14)18-16(17)19(13)12-9-8-10(2)11(12)3/h5-7,10-12H,4,8-9H2,1-3H3,(H2,17,18). The molecule has 1 fully saturated rings. The first-order chi connectivity index (χ1) is 9.63. The molecule has 0 aliphatic heterocycles. The minimum atomic E-state index is 0.451. The molecule has 1 heterocycles. The minimum Gasteiger partial charge on any atom is -0.492 e. The maximum atomic E-state index is 6.20. The Hall–Kier alpha value is -1.71. The number of benzene rings is 1. The van der Waals surface area contributed by atoms with Gasteiger partial charge in [0.1, 0.15) is 11.3 Å². The molecule has 0 radical (unpaired) electrons. The van der Waals surface area contributed by atoms with Crippen molar-refractivity contribution in [1.29, 1.82) is 0 Å². The quantitative estimate of drug-likeness (QED) is 0.929. The van der Waals surface area contributed by atoms with Crippen LogP contribution in [0.15, 0.2) is 18.2 Å². The van der Waals surface area contributed by atoms with Gasteiger partial charge in [0.2, 0.25) is 5.95 Å². The van der Waals surface area contributed by atoms with Crippen molar-refractivity contribution in [3.05, 3.63) is 18.2 Å². The van der Waals surface area contributed by atoms with Crippen LogP contribution in [-0.2, 0) is 0 Å². The summed E-state index contributed by atoms with van der Waals surface area (Å²) >= 11 is 0. The number of imidazole rings is 1. The molecule has 1 aromatic heterocycles. The number of aromatic nitrogens is 2. The van der Waals surface area contributed by atoms with E-state index in [0.29, 0.717) is 24.5 Å². The number of para-hydroxylation sites is 1. The van der Waals surface area contributed by atoms with Crippen molar-refractivity contribution in [3.8, 4) is 5.75 Å². The Balaban J connectivity index is 2.12. The molecule has 0 bridgehead atoms. The second-order valence-electron chi connectivity index (χ2n) is 5.88. The second kappa shape index (κ2) is 5.00. The van der Waals surface area contributed by atoms with Gasteiger partial charge in [0.15, 0.2) is 0 Å². The number of fused-ring (bicyclic) bond motifs is 1. The van der Waals surface area contributed by atoms with Crippen LogP contribution in [0.5, 0.6) is 5.75 Å². The van der Waals surface area contributed by atoms with Gasteiger partial charge in [-0.1, -0.05) is 19.9 Å². The summed E-state index contributed by atoms with van der Waals surface area (Å²) in [5, 5.41) is 0. The summed E-state index contributed by atoms with van der Waals surface area (Å²) in [6.07, 6.45) is 2.44. The molecule has 1 saturated carbocycles. The van der Waals surface area contributed by atoms with Gasteiger partial charge >= 0.3 is 0 Å². The number of nitrogen functional groups attached to an aromatic ring is 1. The highest BCUT2D eigenvalue weighted by atomic mass is 16.5. The molecule has 3 rings (SSSR count). The average molecular weight is 273 g/mol. The highest BCUT2D eigenvalue weighted by Crippen LogP contribution is 2.43. The van der Waals surface area contributed by atoms with Crippen LogP contribution >= 0.6 is 0 Å². The highest BCUT2D eigenvalue weighted by Gasteiger charge is 2.33. The maximum absolute atomic E-state index is 6.20. The fourth-order valence-corrected chi connectivity index (χ4v) is 3.43. The highest BCUT2D eigenvalue weighted by molar-refractivity contribution is 5.84. The summed E-state index contributed by atoms with van der Waals surface area (Å²) in [5.41, 5.74) is 8.19. The number of nitrogens with zero attached hydrogens (tertiary/aromatic N) is 2. The van der Waals surface area contributed by atoms with Crippen LogP contribution in [0, 0.1) is 11.8 Å². The number of anilines is 1. The van der Waals surface area contributed by atoms with Crippen LogP contribution in [0.25, 0.3) is 11.0 Å². The van der Waals surface area contributed by atoms with Crippen LogP contribution < -0.4 is 10.5 Å². The van der Waals surface area contributed by atoms with Crippen LogP contribution in [0.1, 0.15) is 39.7 Å². The zero-order valence-corrected chi connectivity index (χ0v) is 12.5. The van der Waals surface area contributed by atoms with Crippen LogP contribution in [0.2, 0.25) is 0 Å². The van der Waals surface area contributed by atoms with Crippen LogP contribution in [-0.4, -0.2) is 16.2 Å². The molecule has 1 aliphatic rings. The molecule has 4 nitrogen and oxygen atoms in total. The molecule has 3 atom stereocenters. The second-order valence-corrected chi connectivity index (χ2v) is 5.88. The van der Waals surface area contributed by atoms with E-state index in [-0.39, 0.29) is 0 Å². The number of hydrogen-bond acceptors (Lipinski definition) is 3. The van der Waals surface area contributed by atoms with Gasteiger partial charge in [-0.3, -0.25) is 0 Å². The van der Waals surface area contributed by atoms with E-state index in [4.69, 9.17) is 10.5 Å². The molecular weight excluding hydrogens is 250 g/mol. The molecule has 2 aromatic rings. The predicted molar refractivity (Wildman–Crippen MR) is 81.9 cm³/mol. The summed E-state index contributed by atoms with van der Waals surface area (Å²) in [6.45, 7) is 7.27. The van der Waals surface area contributed by atoms with Gasteiger partial charge in [-0.2, -0.15) is 0 Å². The zero-order chi connectivity index (χ0) is 14.3. The molecule has 0 amide bonds. The fourth-order valence-electron chi connectivity index (χ4n) is 3.43. The van der Waals surface area contributed by atoms with E-state index in [1.165, 1.54) is 12.8 Å². The summed E-state index contributed by atoms with van der Waals surface area (Å²) in [5.74, 6) is 2.81. The van der Waals surface area contributed by atoms with Crippen molar-refractivity contribution >= 4 is 17.0 Å². The summed E-state index contributed by atoms with van der Waals surface area (Å²) in [4.78, 5) is 4.55. The topological polar surface area (TPSA) is 53.1 Å². The van der Waals surface area contributed by atoms with Gasteiger partial charge in [-0.15, -0.1) is 0 Å². The van der Waals surface area contributed by atoms with Crippen LogP contribution in [0.3, 0.4) is 0 Å². The van der Waals surface area contributed by atoms with Crippen molar-refractivity contribution in [2.75, 3.05) is 12.3 Å². The molecule has 108 valence electrons. The van der Waals surface area contributed by atoms with Crippen molar-refractivity contribution in [2.45, 2.75) is 39.7 Å². The smallest absolute Gasteiger partial charge is 0.201 e. The Morgan fingerprint density at radius 3 is 2.80 bits per heavy atom. The Morgan fingerprint density at radius 1 is 1.35 bits per heavy atom. The Bertz CT molecular complexity index is 619. The largest absolute Gasteiger partial charge is 0.492 e. The average Bonchev–Trinajstić information content (AvgIpc) is 2.92. The molecular formula is C16H23N3O. The van der Waals surface area contributed by atoms with E-state index in [0.717, 1.165) is 22.7 Å². The summed E-state index contributed by atoms with van der Waals surface area (Å²) in [7, 11) is 0. The van der Waals surface area contributed by atoms with Crippen molar-refractivity contribution in [3.63, 3.8) is 0 Å². The van der Waals surface area contributed by atoms with Gasteiger partial charge in [0.05, 0.1) is 12.1 Å². The monoisotopic (exact) mass is 273 g/mol. The third kappa shape index (κ3) is 1.94. The maximum Gasteiger partial charge on any atom is 0.201 e. The Kier molecular flexibility index (Phi) is 3.32. The van der Waals surface area contributed by atoms with E-state index in [1.54, 1.807) is 0 Å². The SMILES string of the molecule is CCOc1cccc2c1nc(N)n2C1CCC(C)C1C. The third-order valence-electron chi connectivity index (χ3n) is 4.76. The van der Waals surface area contributed by atoms with E-state index in [9.17, 15) is 0 Å². The Morgan fingerprint density at radius 2 is 2.15 bits per heavy atom. The number of rotatable bonds is 3. The number of hydrogen-bond donors (Lipinski definition) is 1. The van der Waals surface area contributed by atoms with Gasteiger partial charge in [-0.25, -0.2) is 4.98 Å². The Labute approximate surface area is 119 Å². The van der Waals surface area contributed by atoms with Gasteiger partial charge in [-0.05, 0) is 43.7 Å². The van der Waals surface area contributed by atoms with E-state index >= 15 is 0 Å². The first-order valence-corrected chi connectivity index (χ1v) is 7.52. The lowest BCUT2D eigenvalue weighted by Gasteiger charge is -2.21. The molecule has 0 saturated heterocycles. The number of ether oxygens (including phenoxy) is 1. The predicted octanol–water partition coefficient (Wildman–Crippen LogP) is 3.62. The molecule has 1 aliphatic carbocycles. The molecule has 4 heteroatoms. The van der Waals surface area contributed by atoms with Crippen molar-refractivity contribution < 1.29 is 4.74 Å². The fraction of sp³-hybridized carbons (Fsp3) is 0.562.